The summed E-state index contributed by atoms with van der Waals surface area (Å²) in [5.74, 6) is 0.397. The van der Waals surface area contributed by atoms with Crippen molar-refractivity contribution in [3.63, 3.8) is 0 Å². The second-order valence-electron chi connectivity index (χ2n) is 3.29. The fourth-order valence-electron chi connectivity index (χ4n) is 1.44. The zero-order valence-electron chi connectivity index (χ0n) is 8.33. The van der Waals surface area contributed by atoms with E-state index in [-0.39, 0.29) is 5.82 Å². The molecule has 0 aliphatic carbocycles. The monoisotopic (exact) mass is 206 g/mol. The van der Waals surface area contributed by atoms with Crippen molar-refractivity contribution in [2.24, 2.45) is 5.73 Å². The molecular formula is C11H11FN2O. The highest BCUT2D eigenvalue weighted by atomic mass is 19.1. The van der Waals surface area contributed by atoms with Gasteiger partial charge < -0.3 is 10.3 Å². The maximum absolute atomic E-state index is 12.7. The quantitative estimate of drug-likeness (QED) is 0.819. The van der Waals surface area contributed by atoms with E-state index in [1.54, 1.807) is 12.1 Å². The van der Waals surface area contributed by atoms with Crippen LogP contribution in [0.1, 0.15) is 11.3 Å². The first-order chi connectivity index (χ1) is 7.22. The zero-order chi connectivity index (χ0) is 10.8. The van der Waals surface area contributed by atoms with Crippen LogP contribution in [0, 0.1) is 12.7 Å². The molecule has 0 aliphatic rings. The second kappa shape index (κ2) is 3.82. The molecule has 0 atom stereocenters. The van der Waals surface area contributed by atoms with Crippen molar-refractivity contribution < 1.29 is 8.91 Å². The molecule has 0 saturated carbocycles. The van der Waals surface area contributed by atoms with Crippen molar-refractivity contribution in [1.82, 2.24) is 5.16 Å². The van der Waals surface area contributed by atoms with E-state index in [0.29, 0.717) is 12.3 Å². The zero-order valence-corrected chi connectivity index (χ0v) is 8.33. The Labute approximate surface area is 86.7 Å². The summed E-state index contributed by atoms with van der Waals surface area (Å²) in [6.45, 7) is 2.21. The molecule has 4 heteroatoms. The van der Waals surface area contributed by atoms with Gasteiger partial charge >= 0.3 is 0 Å². The molecular weight excluding hydrogens is 195 g/mol. The van der Waals surface area contributed by atoms with E-state index in [2.05, 4.69) is 5.16 Å². The predicted octanol–water partition coefficient (Wildman–Crippen LogP) is 2.25. The van der Waals surface area contributed by atoms with Gasteiger partial charge in [0.2, 0.25) is 0 Å². The molecule has 3 nitrogen and oxygen atoms in total. The molecule has 0 bridgehead atoms. The van der Waals surface area contributed by atoms with Crippen LogP contribution in [0.4, 0.5) is 4.39 Å². The fourth-order valence-corrected chi connectivity index (χ4v) is 1.44. The van der Waals surface area contributed by atoms with Gasteiger partial charge in [-0.15, -0.1) is 0 Å². The van der Waals surface area contributed by atoms with Crippen LogP contribution in [0.15, 0.2) is 28.8 Å². The first kappa shape index (κ1) is 9.86. The number of halogens is 1. The predicted molar refractivity (Wildman–Crippen MR) is 54.5 cm³/mol. The van der Waals surface area contributed by atoms with E-state index in [1.807, 2.05) is 6.92 Å². The molecule has 2 rings (SSSR count). The lowest BCUT2D eigenvalue weighted by atomic mass is 10.1. The largest absolute Gasteiger partial charge is 0.359 e. The van der Waals surface area contributed by atoms with Gasteiger partial charge in [-0.05, 0) is 31.2 Å². The Kier molecular flexibility index (Phi) is 2.51. The van der Waals surface area contributed by atoms with Crippen LogP contribution in [0.2, 0.25) is 0 Å². The lowest BCUT2D eigenvalue weighted by molar-refractivity contribution is 0.386. The second-order valence-corrected chi connectivity index (χ2v) is 3.29. The van der Waals surface area contributed by atoms with E-state index < -0.39 is 0 Å². The van der Waals surface area contributed by atoms with E-state index >= 15 is 0 Å². The highest BCUT2D eigenvalue weighted by molar-refractivity contribution is 5.62. The number of nitrogens with two attached hydrogens (primary N) is 1. The molecule has 78 valence electrons. The minimum atomic E-state index is -0.265. The fraction of sp³-hybridized carbons (Fsp3) is 0.182. The minimum absolute atomic E-state index is 0.265. The summed E-state index contributed by atoms with van der Waals surface area (Å²) in [7, 11) is 0. The third-order valence-corrected chi connectivity index (χ3v) is 2.32. The first-order valence-corrected chi connectivity index (χ1v) is 4.63. The number of rotatable bonds is 2. The van der Waals surface area contributed by atoms with Gasteiger partial charge in [0.1, 0.15) is 11.5 Å². The Bertz CT molecular complexity index is 462. The minimum Gasteiger partial charge on any atom is -0.359 e. The van der Waals surface area contributed by atoms with Gasteiger partial charge in [0, 0.05) is 11.1 Å². The van der Waals surface area contributed by atoms with Gasteiger partial charge in [-0.25, -0.2) is 4.39 Å². The standard InChI is InChI=1S/C11H11FN2O/c1-7-10(6-13)15-14-11(7)8-2-4-9(12)5-3-8/h2-5H,6,13H2,1H3. The Morgan fingerprint density at radius 3 is 2.53 bits per heavy atom. The molecule has 15 heavy (non-hydrogen) atoms. The smallest absolute Gasteiger partial charge is 0.153 e. The Balaban J connectivity index is 2.45. The van der Waals surface area contributed by atoms with Crippen molar-refractivity contribution in [2.75, 3.05) is 0 Å². The third kappa shape index (κ3) is 1.76. The normalized spacial score (nSPS) is 10.6. The van der Waals surface area contributed by atoms with E-state index in [0.717, 1.165) is 16.8 Å². The van der Waals surface area contributed by atoms with Gasteiger partial charge in [0.15, 0.2) is 5.76 Å². The summed E-state index contributed by atoms with van der Waals surface area (Å²) in [5.41, 5.74) is 7.93. The first-order valence-electron chi connectivity index (χ1n) is 4.63. The summed E-state index contributed by atoms with van der Waals surface area (Å²) in [6, 6.07) is 6.12. The van der Waals surface area contributed by atoms with Crippen molar-refractivity contribution >= 4 is 0 Å². The van der Waals surface area contributed by atoms with Gasteiger partial charge in [-0.2, -0.15) is 0 Å². The third-order valence-electron chi connectivity index (χ3n) is 2.32. The molecule has 2 N–H and O–H groups in total. The van der Waals surface area contributed by atoms with Crippen molar-refractivity contribution in [3.8, 4) is 11.3 Å². The van der Waals surface area contributed by atoms with Gasteiger partial charge in [0.25, 0.3) is 0 Å². The lowest BCUT2D eigenvalue weighted by Crippen LogP contribution is -1.95. The number of hydrogen-bond acceptors (Lipinski definition) is 3. The SMILES string of the molecule is Cc1c(-c2ccc(F)cc2)noc1CN. The molecule has 1 heterocycles. The average Bonchev–Trinajstić information content (AvgIpc) is 2.61. The van der Waals surface area contributed by atoms with Crippen molar-refractivity contribution in [1.29, 1.82) is 0 Å². The summed E-state index contributed by atoms with van der Waals surface area (Å²) in [4.78, 5) is 0. The van der Waals surface area contributed by atoms with E-state index in [9.17, 15) is 4.39 Å². The Morgan fingerprint density at radius 1 is 1.33 bits per heavy atom. The van der Waals surface area contributed by atoms with Crippen LogP contribution in [0.5, 0.6) is 0 Å². The van der Waals surface area contributed by atoms with Crippen LogP contribution in [-0.2, 0) is 6.54 Å². The van der Waals surface area contributed by atoms with Crippen molar-refractivity contribution in [3.05, 3.63) is 41.4 Å². The molecule has 1 aromatic heterocycles. The van der Waals surface area contributed by atoms with Gasteiger partial charge in [0.05, 0.1) is 6.54 Å². The van der Waals surface area contributed by atoms with E-state index in [1.165, 1.54) is 12.1 Å². The Hall–Kier alpha value is -1.68. The highest BCUT2D eigenvalue weighted by Crippen LogP contribution is 2.24. The van der Waals surface area contributed by atoms with Crippen LogP contribution in [0.3, 0.4) is 0 Å². The molecule has 1 aromatic carbocycles. The summed E-state index contributed by atoms with van der Waals surface area (Å²) >= 11 is 0. The average molecular weight is 206 g/mol. The summed E-state index contributed by atoms with van der Waals surface area (Å²) in [6.07, 6.45) is 0. The van der Waals surface area contributed by atoms with Crippen LogP contribution >= 0.6 is 0 Å². The lowest BCUT2D eigenvalue weighted by Gasteiger charge is -1.97. The molecule has 0 aliphatic heterocycles. The molecule has 0 unspecified atom stereocenters. The Morgan fingerprint density at radius 2 is 2.00 bits per heavy atom. The molecule has 0 spiro atoms. The van der Waals surface area contributed by atoms with Crippen LogP contribution < -0.4 is 5.73 Å². The topological polar surface area (TPSA) is 52.0 Å². The molecule has 0 radical (unpaired) electrons. The van der Waals surface area contributed by atoms with Gasteiger partial charge in [-0.1, -0.05) is 5.16 Å². The maximum Gasteiger partial charge on any atom is 0.153 e. The maximum atomic E-state index is 12.7. The molecule has 0 saturated heterocycles. The molecule has 0 amide bonds. The van der Waals surface area contributed by atoms with Crippen LogP contribution in [0.25, 0.3) is 11.3 Å². The van der Waals surface area contributed by atoms with E-state index in [4.69, 9.17) is 10.3 Å². The molecule has 0 fully saturated rings. The number of nitrogens with zero attached hydrogens (tertiary/aromatic N) is 1. The van der Waals surface area contributed by atoms with Gasteiger partial charge in [-0.3, -0.25) is 0 Å². The summed E-state index contributed by atoms with van der Waals surface area (Å²) < 4.78 is 17.8. The van der Waals surface area contributed by atoms with Crippen molar-refractivity contribution in [2.45, 2.75) is 13.5 Å². The van der Waals surface area contributed by atoms with Crippen LogP contribution in [-0.4, -0.2) is 5.16 Å². The number of aromatic nitrogens is 1. The summed E-state index contributed by atoms with van der Waals surface area (Å²) in [5, 5.41) is 3.91. The number of hydrogen-bond donors (Lipinski definition) is 1. The highest BCUT2D eigenvalue weighted by Gasteiger charge is 2.11. The number of benzene rings is 1. The molecule has 2 aromatic rings.